The second kappa shape index (κ2) is 27.2. The third-order valence-corrected chi connectivity index (χ3v) is 11.5. The first-order valence-corrected chi connectivity index (χ1v) is 23.1. The lowest BCUT2D eigenvalue weighted by Gasteiger charge is -2.39. The number of rotatable bonds is 26. The first-order chi connectivity index (χ1) is 32.1. The number of unbranched alkanes of at least 4 members (excludes halogenated alkanes) is 1. The lowest BCUT2D eigenvalue weighted by Crippen LogP contribution is -2.65. The zero-order valence-corrected chi connectivity index (χ0v) is 38.7. The molecule has 2 aliphatic rings. The fourth-order valence-corrected chi connectivity index (χ4v) is 7.72. The summed E-state index contributed by atoms with van der Waals surface area (Å²) in [6.45, 7) is 2.96. The minimum Gasteiger partial charge on any atom is -0.370 e. The summed E-state index contributed by atoms with van der Waals surface area (Å²) in [6.07, 6.45) is 6.32. The van der Waals surface area contributed by atoms with Gasteiger partial charge < -0.3 is 63.5 Å². The fourth-order valence-electron chi connectivity index (χ4n) is 7.46. The van der Waals surface area contributed by atoms with Crippen LogP contribution >= 0.6 is 12.6 Å². The predicted octanol–water partition coefficient (Wildman–Crippen LogP) is -3.21. The molecule has 24 heteroatoms. The fraction of sp³-hybridized carbons (Fsp3) is 0.558. The third-order valence-electron chi connectivity index (χ3n) is 11.1. The Bertz CT molecular complexity index is 2040. The molecule has 0 saturated carbocycles. The zero-order chi connectivity index (χ0) is 48.9. The molecule has 2 fully saturated rings. The van der Waals surface area contributed by atoms with E-state index in [1.165, 1.54) is 17.4 Å². The Kier molecular flexibility index (Phi) is 21.5. The maximum Gasteiger partial charge on any atom is 0.244 e. The van der Waals surface area contributed by atoms with E-state index in [1.807, 2.05) is 13.8 Å². The average molecular weight is 953 g/mol. The van der Waals surface area contributed by atoms with Crippen LogP contribution in [0.2, 0.25) is 0 Å². The van der Waals surface area contributed by atoms with Gasteiger partial charge in [-0.15, -0.1) is 0 Å². The molecule has 1 aromatic heterocycles. The maximum atomic E-state index is 14.1. The molecule has 2 saturated heterocycles. The molecule has 7 atom stereocenters. The molecular formula is C43H64N14O9S. The molecule has 8 amide bonds. The molecule has 4 rings (SSSR count). The molecule has 3 heterocycles. The molecule has 2 aromatic rings. The summed E-state index contributed by atoms with van der Waals surface area (Å²) in [5.41, 5.74) is 6.46. The van der Waals surface area contributed by atoms with E-state index in [1.54, 1.807) is 30.3 Å². The number of carbonyl (C=O) groups excluding carboxylic acids is 9. The van der Waals surface area contributed by atoms with E-state index < -0.39 is 96.7 Å². The number of benzene rings is 1. The van der Waals surface area contributed by atoms with Crippen LogP contribution in [0.15, 0.2) is 42.9 Å². The van der Waals surface area contributed by atoms with Crippen molar-refractivity contribution in [3.63, 3.8) is 0 Å². The van der Waals surface area contributed by atoms with Gasteiger partial charge in [-0.1, -0.05) is 57.0 Å². The van der Waals surface area contributed by atoms with Crippen molar-refractivity contribution in [1.29, 1.82) is 5.41 Å². The van der Waals surface area contributed by atoms with Crippen LogP contribution in [-0.2, 0) is 56.0 Å². The van der Waals surface area contributed by atoms with Gasteiger partial charge in [-0.2, -0.15) is 12.6 Å². The summed E-state index contributed by atoms with van der Waals surface area (Å²) in [5.74, 6) is -5.86. The molecule has 0 spiro atoms. The summed E-state index contributed by atoms with van der Waals surface area (Å²) in [4.78, 5) is 128. The number of amides is 8. The highest BCUT2D eigenvalue weighted by molar-refractivity contribution is 7.80. The standard InChI is InChI=1S/C43H64N14O9S/c1-3-5-13-27-38(62)54-30(19-48-27)40(64)56-32(23-67)41(65)53-29(17-26-18-46-24-51-26)39(63)52-28(16-25-11-7-6-8-12-25)37(61)50-20-35(59)49-21-36(60)57-22-31(34(58)10-4-2)55-42(66)33(57)14-9-15-47-43(44)45/h6-8,11-12,18,24,27-33,48,67H,3-5,9-10,13-17,19-23H2,1-2H3,(H,46,51)(H,49,59)(H,50,61)(H,52,63)(H,53,65)(H,54,62)(H,55,66)(H,56,64)(H4,44,45,47)/t27-,28?,29-,30+,31+,32?,33-/m0/s1. The van der Waals surface area contributed by atoms with Gasteiger partial charge in [-0.25, -0.2) is 4.98 Å². The third kappa shape index (κ3) is 17.0. The van der Waals surface area contributed by atoms with E-state index in [-0.39, 0.29) is 68.7 Å². The molecule has 2 aliphatic heterocycles. The Labute approximate surface area is 394 Å². The van der Waals surface area contributed by atoms with Crippen LogP contribution in [0.4, 0.5) is 0 Å². The molecular weight excluding hydrogens is 889 g/mol. The summed E-state index contributed by atoms with van der Waals surface area (Å²) < 4.78 is 0. The van der Waals surface area contributed by atoms with Crippen LogP contribution in [0, 0.1) is 5.41 Å². The highest BCUT2D eigenvalue weighted by Gasteiger charge is 2.39. The molecule has 366 valence electrons. The molecule has 0 radical (unpaired) electrons. The topological polar surface area (TPSA) is 344 Å². The van der Waals surface area contributed by atoms with Crippen LogP contribution in [0.1, 0.15) is 70.1 Å². The number of nitrogens with one attached hydrogen (secondary N) is 11. The van der Waals surface area contributed by atoms with Crippen LogP contribution in [0.5, 0.6) is 0 Å². The maximum absolute atomic E-state index is 14.1. The van der Waals surface area contributed by atoms with E-state index in [2.05, 4.69) is 70.4 Å². The van der Waals surface area contributed by atoms with E-state index in [0.717, 1.165) is 12.8 Å². The lowest BCUT2D eigenvalue weighted by atomic mass is 9.99. The monoisotopic (exact) mass is 952 g/mol. The number of aromatic nitrogens is 2. The SMILES string of the molecule is CCCC[C@@H]1NC[C@H](C(=O)NC(CS)C(=O)N[C@@H](Cc2cnc[nH]2)C(=O)NC(Cc2ccccc2)C(=O)NCC(=O)NCC(=O)N2C[C@H](C(=O)CCC)NC(=O)[C@@H]2CCCNC(=N)N)NC1=O. The Morgan fingerprint density at radius 2 is 1.54 bits per heavy atom. The number of ketones is 1. The molecule has 0 bridgehead atoms. The van der Waals surface area contributed by atoms with Gasteiger partial charge in [0.2, 0.25) is 47.3 Å². The van der Waals surface area contributed by atoms with E-state index >= 15 is 0 Å². The molecule has 0 aliphatic carbocycles. The van der Waals surface area contributed by atoms with E-state index in [9.17, 15) is 43.2 Å². The van der Waals surface area contributed by atoms with Gasteiger partial charge in [0.05, 0.1) is 25.5 Å². The Hall–Kier alpha value is -6.56. The van der Waals surface area contributed by atoms with Crippen LogP contribution in [0.3, 0.4) is 0 Å². The van der Waals surface area contributed by atoms with Gasteiger partial charge in [0.25, 0.3) is 0 Å². The number of piperazine rings is 2. The number of aromatic amines is 1. The van der Waals surface area contributed by atoms with Crippen LogP contribution in [0.25, 0.3) is 0 Å². The van der Waals surface area contributed by atoms with Crippen molar-refractivity contribution in [2.24, 2.45) is 5.73 Å². The largest absolute Gasteiger partial charge is 0.370 e. The highest BCUT2D eigenvalue weighted by atomic mass is 32.1. The number of nitrogens with two attached hydrogens (primary N) is 1. The Morgan fingerprint density at radius 1 is 0.836 bits per heavy atom. The minimum atomic E-state index is -1.31. The van der Waals surface area contributed by atoms with E-state index in [4.69, 9.17) is 11.1 Å². The van der Waals surface area contributed by atoms with Gasteiger partial charge in [-0.05, 0) is 31.2 Å². The van der Waals surface area contributed by atoms with Gasteiger partial charge in [0.15, 0.2) is 11.7 Å². The van der Waals surface area contributed by atoms with Crippen LogP contribution in [-0.4, -0.2) is 155 Å². The first kappa shape index (κ1) is 53.1. The average Bonchev–Trinajstić information content (AvgIpc) is 3.83. The molecule has 23 nitrogen and oxygen atoms in total. The summed E-state index contributed by atoms with van der Waals surface area (Å²) in [5, 5.41) is 31.3. The van der Waals surface area contributed by atoms with Crippen molar-refractivity contribution < 1.29 is 43.2 Å². The number of hydrogen-bond donors (Lipinski definition) is 13. The summed E-state index contributed by atoms with van der Waals surface area (Å²) in [7, 11) is 0. The normalized spacial score (nSPS) is 19.3. The highest BCUT2D eigenvalue weighted by Crippen LogP contribution is 2.16. The number of Topliss-reactive ketones (excluding diaryl/α,β-unsaturated/α-hetero) is 1. The second-order valence-electron chi connectivity index (χ2n) is 16.3. The van der Waals surface area contributed by atoms with Crippen molar-refractivity contribution in [2.75, 3.05) is 38.5 Å². The quantitative estimate of drug-likeness (QED) is 0.0191. The summed E-state index contributed by atoms with van der Waals surface area (Å²) in [6, 6.07) is 1.63. The molecule has 13 N–H and O–H groups in total. The Balaban J connectivity index is 1.41. The number of carbonyl (C=O) groups is 9. The number of nitrogens with zero attached hydrogens (tertiary/aromatic N) is 2. The first-order valence-electron chi connectivity index (χ1n) is 22.5. The zero-order valence-electron chi connectivity index (χ0n) is 37.8. The summed E-state index contributed by atoms with van der Waals surface area (Å²) >= 11 is 4.26. The van der Waals surface area contributed by atoms with Crippen LogP contribution < -0.4 is 53.6 Å². The van der Waals surface area contributed by atoms with Gasteiger partial charge in [0, 0.05) is 56.5 Å². The second-order valence-corrected chi connectivity index (χ2v) is 16.7. The van der Waals surface area contributed by atoms with Crippen molar-refractivity contribution >= 4 is 71.6 Å². The smallest absolute Gasteiger partial charge is 0.244 e. The number of thiol groups is 1. The van der Waals surface area contributed by atoms with Gasteiger partial charge >= 0.3 is 0 Å². The Morgan fingerprint density at radius 3 is 2.18 bits per heavy atom. The molecule has 67 heavy (non-hydrogen) atoms. The molecule has 1 aromatic carbocycles. The van der Waals surface area contributed by atoms with Crippen molar-refractivity contribution in [1.82, 2.24) is 62.7 Å². The van der Waals surface area contributed by atoms with Gasteiger partial charge in [0.1, 0.15) is 36.3 Å². The lowest BCUT2D eigenvalue weighted by molar-refractivity contribution is -0.147. The van der Waals surface area contributed by atoms with Gasteiger partial charge in [-0.3, -0.25) is 48.6 Å². The predicted molar refractivity (Wildman–Crippen MR) is 248 cm³/mol. The van der Waals surface area contributed by atoms with E-state index in [0.29, 0.717) is 30.5 Å². The minimum absolute atomic E-state index is 0.0305. The number of hydrogen-bond acceptors (Lipinski definition) is 13. The number of H-pyrrole nitrogens is 1. The van der Waals surface area contributed by atoms with Crippen molar-refractivity contribution in [3.05, 3.63) is 54.1 Å². The molecule has 2 unspecified atom stereocenters. The number of guanidine groups is 1. The number of imidazole rings is 1. The van der Waals surface area contributed by atoms with Crippen molar-refractivity contribution in [2.45, 2.75) is 114 Å². The van der Waals surface area contributed by atoms with Crippen molar-refractivity contribution in [3.8, 4) is 0 Å².